The summed E-state index contributed by atoms with van der Waals surface area (Å²) in [7, 11) is 1.42. The number of hydrogen-bond acceptors (Lipinski definition) is 3. The number of carbonyl (C=O) groups is 1. The highest BCUT2D eigenvalue weighted by atomic mass is 16.5. The smallest absolute Gasteiger partial charge is 0.235 e. The lowest BCUT2D eigenvalue weighted by Crippen LogP contribution is -2.10. The van der Waals surface area contributed by atoms with Gasteiger partial charge < -0.3 is 10.1 Å². The Kier molecular flexibility index (Phi) is 5.39. The van der Waals surface area contributed by atoms with Crippen molar-refractivity contribution in [3.8, 4) is 0 Å². The summed E-state index contributed by atoms with van der Waals surface area (Å²) in [4.78, 5) is 11.9. The Bertz CT molecular complexity index is 534. The van der Waals surface area contributed by atoms with E-state index in [0.29, 0.717) is 12.1 Å². The second kappa shape index (κ2) is 7.04. The van der Waals surface area contributed by atoms with E-state index >= 15 is 0 Å². The van der Waals surface area contributed by atoms with Crippen LogP contribution < -0.4 is 5.32 Å². The van der Waals surface area contributed by atoms with Crippen molar-refractivity contribution in [2.45, 2.75) is 6.54 Å². The van der Waals surface area contributed by atoms with E-state index in [9.17, 15) is 4.79 Å². The van der Waals surface area contributed by atoms with Crippen LogP contribution >= 0.6 is 0 Å². The molecule has 0 aromatic heterocycles. The minimum atomic E-state index is -0.229. The fourth-order valence-electron chi connectivity index (χ4n) is 1.44. The van der Waals surface area contributed by atoms with Crippen molar-refractivity contribution < 1.29 is 9.53 Å². The number of methoxy groups -OCH3 is 1. The van der Waals surface area contributed by atoms with Crippen molar-refractivity contribution >= 4 is 5.78 Å². The lowest BCUT2D eigenvalue weighted by molar-refractivity contribution is 0.0954. The van der Waals surface area contributed by atoms with Crippen LogP contribution in [0.1, 0.15) is 15.9 Å². The van der Waals surface area contributed by atoms with Crippen LogP contribution in [0.25, 0.3) is 0 Å². The highest BCUT2D eigenvalue weighted by Gasteiger charge is 2.11. The van der Waals surface area contributed by atoms with Crippen LogP contribution in [-0.4, -0.2) is 12.9 Å². The van der Waals surface area contributed by atoms with Gasteiger partial charge in [-0.2, -0.15) is 0 Å². The number of Topliss-reactive ketones (excluding diaryl/α,β-unsaturated/α-hetero) is 1. The molecular formula is C16H17NO2. The molecule has 3 nitrogen and oxygen atoms in total. The SMILES string of the molecule is C=C=C(OC)C(=O)c1ccc(CNC(=C)C=C)cc1. The van der Waals surface area contributed by atoms with E-state index in [-0.39, 0.29) is 11.5 Å². The van der Waals surface area contributed by atoms with Crippen LogP contribution in [-0.2, 0) is 11.3 Å². The topological polar surface area (TPSA) is 38.3 Å². The Hall–Kier alpha value is -2.51. The van der Waals surface area contributed by atoms with Gasteiger partial charge in [-0.05, 0) is 11.6 Å². The first kappa shape index (κ1) is 14.6. The molecule has 0 aliphatic heterocycles. The molecule has 0 radical (unpaired) electrons. The Morgan fingerprint density at radius 3 is 2.53 bits per heavy atom. The predicted octanol–water partition coefficient (Wildman–Crippen LogP) is 2.97. The zero-order valence-electron chi connectivity index (χ0n) is 11.0. The van der Waals surface area contributed by atoms with E-state index < -0.39 is 0 Å². The zero-order valence-corrected chi connectivity index (χ0v) is 11.0. The number of hydrogen-bond donors (Lipinski definition) is 1. The molecule has 0 spiro atoms. The van der Waals surface area contributed by atoms with Crippen molar-refractivity contribution in [3.05, 3.63) is 78.4 Å². The van der Waals surface area contributed by atoms with Crippen LogP contribution in [0.5, 0.6) is 0 Å². The Morgan fingerprint density at radius 1 is 1.42 bits per heavy atom. The van der Waals surface area contributed by atoms with Crippen LogP contribution in [0.2, 0.25) is 0 Å². The minimum absolute atomic E-state index is 0.117. The molecule has 0 heterocycles. The second-order valence-electron chi connectivity index (χ2n) is 3.82. The van der Waals surface area contributed by atoms with E-state index in [1.807, 2.05) is 12.1 Å². The third kappa shape index (κ3) is 4.02. The number of rotatable bonds is 7. The van der Waals surface area contributed by atoms with Gasteiger partial charge in [0.05, 0.1) is 7.11 Å². The third-order valence-electron chi connectivity index (χ3n) is 2.55. The second-order valence-corrected chi connectivity index (χ2v) is 3.82. The van der Waals surface area contributed by atoms with Crippen LogP contribution in [0.4, 0.5) is 0 Å². The fourth-order valence-corrected chi connectivity index (χ4v) is 1.44. The van der Waals surface area contributed by atoms with Crippen molar-refractivity contribution in [2.75, 3.05) is 7.11 Å². The lowest BCUT2D eigenvalue weighted by Gasteiger charge is -2.07. The summed E-state index contributed by atoms with van der Waals surface area (Å²) in [5, 5.41) is 3.09. The van der Waals surface area contributed by atoms with E-state index in [0.717, 1.165) is 11.3 Å². The maximum absolute atomic E-state index is 11.9. The molecule has 1 aromatic carbocycles. The maximum atomic E-state index is 11.9. The quantitative estimate of drug-likeness (QED) is 0.268. The van der Waals surface area contributed by atoms with Crippen molar-refractivity contribution in [2.24, 2.45) is 0 Å². The highest BCUT2D eigenvalue weighted by molar-refractivity contribution is 6.07. The first-order valence-electron chi connectivity index (χ1n) is 5.75. The van der Waals surface area contributed by atoms with Gasteiger partial charge in [-0.15, -0.1) is 0 Å². The summed E-state index contributed by atoms with van der Waals surface area (Å²) >= 11 is 0. The van der Waals surface area contributed by atoms with E-state index in [4.69, 9.17) is 4.74 Å². The molecule has 1 aromatic rings. The predicted molar refractivity (Wildman–Crippen MR) is 76.6 cm³/mol. The van der Waals surface area contributed by atoms with Gasteiger partial charge in [-0.25, -0.2) is 0 Å². The van der Waals surface area contributed by atoms with Crippen molar-refractivity contribution in [1.29, 1.82) is 0 Å². The molecule has 0 bridgehead atoms. The number of nitrogens with one attached hydrogen (secondary N) is 1. The number of carbonyl (C=O) groups excluding carboxylic acids is 1. The molecule has 1 N–H and O–H groups in total. The maximum Gasteiger partial charge on any atom is 0.235 e. The third-order valence-corrected chi connectivity index (χ3v) is 2.55. The number of ketones is 1. The van der Waals surface area contributed by atoms with Gasteiger partial charge in [0.15, 0.2) is 0 Å². The molecule has 0 fully saturated rings. The van der Waals surface area contributed by atoms with Gasteiger partial charge >= 0.3 is 0 Å². The molecule has 0 atom stereocenters. The van der Waals surface area contributed by atoms with Gasteiger partial charge in [-0.3, -0.25) is 4.79 Å². The molecular weight excluding hydrogens is 238 g/mol. The molecule has 0 saturated carbocycles. The molecule has 1 rings (SSSR count). The van der Waals surface area contributed by atoms with Gasteiger partial charge in [0.25, 0.3) is 0 Å². The summed E-state index contributed by atoms with van der Waals surface area (Å²) in [5.74, 6) is -0.113. The molecule has 98 valence electrons. The first-order valence-corrected chi connectivity index (χ1v) is 5.75. The van der Waals surface area contributed by atoms with E-state index in [1.165, 1.54) is 7.11 Å². The van der Waals surface area contributed by atoms with Crippen LogP contribution in [0, 0.1) is 0 Å². The van der Waals surface area contributed by atoms with Crippen molar-refractivity contribution in [1.82, 2.24) is 5.32 Å². The number of benzene rings is 1. The molecule has 0 aliphatic rings. The summed E-state index contributed by atoms with van der Waals surface area (Å²) in [6.45, 7) is 11.4. The van der Waals surface area contributed by atoms with Gasteiger partial charge in [0, 0.05) is 17.8 Å². The van der Waals surface area contributed by atoms with Crippen LogP contribution in [0.15, 0.2) is 67.3 Å². The van der Waals surface area contributed by atoms with Gasteiger partial charge in [-0.1, -0.05) is 49.7 Å². The Balaban J connectivity index is 2.76. The lowest BCUT2D eigenvalue weighted by atomic mass is 10.1. The molecule has 0 amide bonds. The van der Waals surface area contributed by atoms with Crippen molar-refractivity contribution in [3.63, 3.8) is 0 Å². The molecule has 0 aliphatic carbocycles. The number of allylic oxidation sites excluding steroid dienone is 2. The summed E-state index contributed by atoms with van der Waals surface area (Å²) in [6, 6.07) is 7.22. The average Bonchev–Trinajstić information content (AvgIpc) is 2.46. The number of ether oxygens (including phenoxy) is 1. The largest absolute Gasteiger partial charge is 0.486 e. The highest BCUT2D eigenvalue weighted by Crippen LogP contribution is 2.10. The van der Waals surface area contributed by atoms with Crippen LogP contribution in [0.3, 0.4) is 0 Å². The average molecular weight is 255 g/mol. The summed E-state index contributed by atoms with van der Waals surface area (Å²) in [6.07, 6.45) is 1.65. The molecule has 19 heavy (non-hydrogen) atoms. The zero-order chi connectivity index (χ0) is 14.3. The Labute approximate surface area is 113 Å². The normalized spacial score (nSPS) is 9.11. The fraction of sp³-hybridized carbons (Fsp3) is 0.125. The standard InChI is InChI=1S/C16H17NO2/c1-5-12(3)17-11-13-7-9-14(10-8-13)16(18)15(6-2)19-4/h5,7-10,17H,1-3,11H2,4H3. The molecule has 3 heteroatoms. The van der Waals surface area contributed by atoms with E-state index in [1.54, 1.807) is 18.2 Å². The minimum Gasteiger partial charge on any atom is -0.486 e. The summed E-state index contributed by atoms with van der Waals surface area (Å²) < 4.78 is 4.90. The first-order chi connectivity index (χ1) is 9.12. The Morgan fingerprint density at radius 2 is 2.05 bits per heavy atom. The summed E-state index contributed by atoms with van der Waals surface area (Å²) in [5.41, 5.74) is 4.82. The van der Waals surface area contributed by atoms with E-state index in [2.05, 4.69) is 30.8 Å². The van der Waals surface area contributed by atoms with Gasteiger partial charge in [0.2, 0.25) is 11.5 Å². The molecule has 0 unspecified atom stereocenters. The monoisotopic (exact) mass is 255 g/mol. The molecule has 0 saturated heterocycles. The van der Waals surface area contributed by atoms with Gasteiger partial charge in [0.1, 0.15) is 0 Å².